The van der Waals surface area contributed by atoms with Crippen LogP contribution in [0.5, 0.6) is 5.75 Å². The molecule has 0 saturated heterocycles. The standard InChI is InChI=1S/C13H9F4NO/c14-11-6-5-8(18)7-10(11)9-3-1-2-4-12(9)19-13(15,16)17/h1-7H,18H2. The van der Waals surface area contributed by atoms with Crippen molar-refractivity contribution in [1.82, 2.24) is 0 Å². The SMILES string of the molecule is Nc1ccc(F)c(-c2ccccc2OC(F)(F)F)c1. The molecule has 0 radical (unpaired) electrons. The quantitative estimate of drug-likeness (QED) is 0.662. The maximum atomic E-state index is 13.7. The van der Waals surface area contributed by atoms with E-state index in [0.717, 1.165) is 12.1 Å². The molecule has 0 atom stereocenters. The van der Waals surface area contributed by atoms with Gasteiger partial charge in [-0.25, -0.2) is 4.39 Å². The van der Waals surface area contributed by atoms with Gasteiger partial charge in [-0.15, -0.1) is 13.2 Å². The van der Waals surface area contributed by atoms with Crippen LogP contribution in [-0.2, 0) is 0 Å². The van der Waals surface area contributed by atoms with E-state index in [-0.39, 0.29) is 16.8 Å². The first-order valence-electron chi connectivity index (χ1n) is 5.27. The molecule has 0 aromatic heterocycles. The molecule has 0 heterocycles. The van der Waals surface area contributed by atoms with Crippen LogP contribution in [0.1, 0.15) is 0 Å². The summed E-state index contributed by atoms with van der Waals surface area (Å²) in [6.45, 7) is 0. The molecular weight excluding hydrogens is 262 g/mol. The molecule has 2 nitrogen and oxygen atoms in total. The summed E-state index contributed by atoms with van der Waals surface area (Å²) in [7, 11) is 0. The lowest BCUT2D eigenvalue weighted by Crippen LogP contribution is -2.17. The van der Waals surface area contributed by atoms with E-state index in [1.54, 1.807) is 0 Å². The molecule has 6 heteroatoms. The number of ether oxygens (including phenoxy) is 1. The Balaban J connectivity index is 2.53. The predicted octanol–water partition coefficient (Wildman–Crippen LogP) is 3.97. The summed E-state index contributed by atoms with van der Waals surface area (Å²) < 4.78 is 54.4. The first-order chi connectivity index (χ1) is 8.87. The van der Waals surface area contributed by atoms with Gasteiger partial charge in [-0.05, 0) is 24.3 Å². The third-order valence-electron chi connectivity index (χ3n) is 2.39. The van der Waals surface area contributed by atoms with E-state index in [9.17, 15) is 17.6 Å². The van der Waals surface area contributed by atoms with Crippen molar-refractivity contribution in [3.63, 3.8) is 0 Å². The maximum Gasteiger partial charge on any atom is 0.573 e. The zero-order valence-electron chi connectivity index (χ0n) is 9.54. The number of nitrogens with two attached hydrogens (primary N) is 1. The third kappa shape index (κ3) is 3.15. The molecular formula is C13H9F4NO. The predicted molar refractivity (Wildman–Crippen MR) is 62.9 cm³/mol. The zero-order chi connectivity index (χ0) is 14.0. The van der Waals surface area contributed by atoms with Gasteiger partial charge >= 0.3 is 6.36 Å². The fraction of sp³-hybridized carbons (Fsp3) is 0.0769. The van der Waals surface area contributed by atoms with Gasteiger partial charge in [-0.2, -0.15) is 0 Å². The minimum atomic E-state index is -4.84. The van der Waals surface area contributed by atoms with Crippen molar-refractivity contribution in [3.05, 3.63) is 48.3 Å². The number of halogens is 4. The fourth-order valence-electron chi connectivity index (χ4n) is 1.65. The summed E-state index contributed by atoms with van der Waals surface area (Å²) in [4.78, 5) is 0. The largest absolute Gasteiger partial charge is 0.573 e. The van der Waals surface area contributed by atoms with Crippen LogP contribution in [0.15, 0.2) is 42.5 Å². The average molecular weight is 271 g/mol. The molecule has 0 unspecified atom stereocenters. The summed E-state index contributed by atoms with van der Waals surface area (Å²) in [6.07, 6.45) is -4.84. The van der Waals surface area contributed by atoms with Crippen LogP contribution in [0, 0.1) is 5.82 Å². The van der Waals surface area contributed by atoms with Crippen molar-refractivity contribution in [2.24, 2.45) is 0 Å². The van der Waals surface area contributed by atoms with Crippen molar-refractivity contribution < 1.29 is 22.3 Å². The Morgan fingerprint density at radius 3 is 2.32 bits per heavy atom. The third-order valence-corrected chi connectivity index (χ3v) is 2.39. The Hall–Kier alpha value is -2.24. The van der Waals surface area contributed by atoms with E-state index in [1.807, 2.05) is 0 Å². The molecule has 2 N–H and O–H groups in total. The lowest BCUT2D eigenvalue weighted by Gasteiger charge is -2.14. The van der Waals surface area contributed by atoms with Crippen molar-refractivity contribution in [1.29, 1.82) is 0 Å². The van der Waals surface area contributed by atoms with Crippen molar-refractivity contribution >= 4 is 5.69 Å². The highest BCUT2D eigenvalue weighted by atomic mass is 19.4. The fourth-order valence-corrected chi connectivity index (χ4v) is 1.65. The molecule has 19 heavy (non-hydrogen) atoms. The number of hydrogen-bond acceptors (Lipinski definition) is 2. The minimum absolute atomic E-state index is 0.00961. The van der Waals surface area contributed by atoms with Crippen LogP contribution < -0.4 is 10.5 Å². The van der Waals surface area contributed by atoms with E-state index in [1.165, 1.54) is 30.3 Å². The number of anilines is 1. The van der Waals surface area contributed by atoms with Crippen LogP contribution >= 0.6 is 0 Å². The molecule has 0 bridgehead atoms. The smallest absolute Gasteiger partial charge is 0.405 e. The van der Waals surface area contributed by atoms with Gasteiger partial charge in [0.15, 0.2) is 0 Å². The first-order valence-corrected chi connectivity index (χ1v) is 5.27. The number of benzene rings is 2. The lowest BCUT2D eigenvalue weighted by atomic mass is 10.0. The van der Waals surface area contributed by atoms with Gasteiger partial charge < -0.3 is 10.5 Å². The average Bonchev–Trinajstić information content (AvgIpc) is 2.31. The van der Waals surface area contributed by atoms with Gasteiger partial charge in [0.25, 0.3) is 0 Å². The molecule has 2 aromatic rings. The Labute approximate surface area is 106 Å². The molecule has 0 aliphatic heterocycles. The van der Waals surface area contributed by atoms with E-state index in [4.69, 9.17) is 5.73 Å². The Bertz CT molecular complexity index is 595. The van der Waals surface area contributed by atoms with Gasteiger partial charge in [0, 0.05) is 16.8 Å². The first kappa shape index (κ1) is 13.2. The molecule has 0 amide bonds. The lowest BCUT2D eigenvalue weighted by molar-refractivity contribution is -0.274. The van der Waals surface area contributed by atoms with Crippen LogP contribution in [0.4, 0.5) is 23.2 Å². The maximum absolute atomic E-state index is 13.7. The summed E-state index contributed by atoms with van der Waals surface area (Å²) in [5.74, 6) is -1.15. The molecule has 100 valence electrons. The van der Waals surface area contributed by atoms with E-state index < -0.39 is 17.9 Å². The van der Waals surface area contributed by atoms with E-state index >= 15 is 0 Å². The molecule has 2 rings (SSSR count). The molecule has 0 spiro atoms. The summed E-state index contributed by atoms with van der Waals surface area (Å²) in [6, 6.07) is 8.98. The molecule has 2 aromatic carbocycles. The van der Waals surface area contributed by atoms with Gasteiger partial charge in [-0.1, -0.05) is 18.2 Å². The second kappa shape index (κ2) is 4.79. The Kier molecular flexibility index (Phi) is 3.33. The second-order valence-corrected chi connectivity index (χ2v) is 3.78. The summed E-state index contributed by atoms with van der Waals surface area (Å²) in [5, 5.41) is 0. The summed E-state index contributed by atoms with van der Waals surface area (Å²) in [5.41, 5.74) is 5.71. The van der Waals surface area contributed by atoms with Crippen molar-refractivity contribution in [2.45, 2.75) is 6.36 Å². The number of para-hydroxylation sites is 1. The van der Waals surface area contributed by atoms with E-state index in [0.29, 0.717) is 0 Å². The monoisotopic (exact) mass is 271 g/mol. The van der Waals surface area contributed by atoms with Crippen LogP contribution in [0.25, 0.3) is 11.1 Å². The van der Waals surface area contributed by atoms with Gasteiger partial charge in [0.05, 0.1) is 0 Å². The number of alkyl halides is 3. The van der Waals surface area contributed by atoms with Gasteiger partial charge in [0.2, 0.25) is 0 Å². The van der Waals surface area contributed by atoms with Crippen molar-refractivity contribution in [2.75, 3.05) is 5.73 Å². The normalized spacial score (nSPS) is 11.4. The van der Waals surface area contributed by atoms with Crippen LogP contribution in [0.2, 0.25) is 0 Å². The minimum Gasteiger partial charge on any atom is -0.405 e. The molecule has 0 saturated carbocycles. The van der Waals surface area contributed by atoms with Gasteiger partial charge in [-0.3, -0.25) is 0 Å². The molecule has 0 fully saturated rings. The highest BCUT2D eigenvalue weighted by Gasteiger charge is 2.32. The van der Waals surface area contributed by atoms with Crippen LogP contribution in [0.3, 0.4) is 0 Å². The van der Waals surface area contributed by atoms with Crippen LogP contribution in [-0.4, -0.2) is 6.36 Å². The number of rotatable bonds is 2. The zero-order valence-corrected chi connectivity index (χ0v) is 9.54. The topological polar surface area (TPSA) is 35.2 Å². The van der Waals surface area contributed by atoms with Gasteiger partial charge in [0.1, 0.15) is 11.6 Å². The van der Waals surface area contributed by atoms with Crippen molar-refractivity contribution in [3.8, 4) is 16.9 Å². The number of nitrogen functional groups attached to an aromatic ring is 1. The second-order valence-electron chi connectivity index (χ2n) is 3.78. The number of hydrogen-bond donors (Lipinski definition) is 1. The highest BCUT2D eigenvalue weighted by Crippen LogP contribution is 2.35. The Morgan fingerprint density at radius 2 is 1.63 bits per heavy atom. The molecule has 0 aliphatic rings. The summed E-state index contributed by atoms with van der Waals surface area (Å²) >= 11 is 0. The highest BCUT2D eigenvalue weighted by molar-refractivity contribution is 5.73. The Morgan fingerprint density at radius 1 is 0.947 bits per heavy atom. The van der Waals surface area contributed by atoms with E-state index in [2.05, 4.69) is 4.74 Å². The molecule has 0 aliphatic carbocycles.